The summed E-state index contributed by atoms with van der Waals surface area (Å²) in [5.74, 6) is 0.858. The minimum atomic E-state index is -0.0926. The van der Waals surface area contributed by atoms with Gasteiger partial charge in [-0.2, -0.15) is 0 Å². The molecule has 0 spiro atoms. The molecule has 0 saturated carbocycles. The maximum atomic E-state index is 12.2. The van der Waals surface area contributed by atoms with Gasteiger partial charge in [0.1, 0.15) is 11.3 Å². The lowest BCUT2D eigenvalue weighted by atomic mass is 10.0. The van der Waals surface area contributed by atoms with Crippen LogP contribution in [0, 0.1) is 5.92 Å². The Morgan fingerprint density at radius 3 is 2.83 bits per heavy atom. The first-order valence-corrected chi connectivity index (χ1v) is 8.43. The van der Waals surface area contributed by atoms with Crippen LogP contribution >= 0.6 is 11.6 Å². The fraction of sp³-hybridized carbons (Fsp3) is 0.444. The Morgan fingerprint density at radius 2 is 2.12 bits per heavy atom. The van der Waals surface area contributed by atoms with Crippen molar-refractivity contribution in [1.29, 1.82) is 0 Å². The van der Waals surface area contributed by atoms with Crippen molar-refractivity contribution in [1.82, 2.24) is 9.88 Å². The first-order valence-electron chi connectivity index (χ1n) is 8.05. The Kier molecular flexibility index (Phi) is 6.40. The molecule has 130 valence electrons. The highest BCUT2D eigenvalue weighted by Crippen LogP contribution is 2.29. The second-order valence-electron chi connectivity index (χ2n) is 6.25. The van der Waals surface area contributed by atoms with Gasteiger partial charge in [-0.25, -0.2) is 0 Å². The number of carbonyl (C=O) groups is 1. The summed E-state index contributed by atoms with van der Waals surface area (Å²) in [4.78, 5) is 18.2. The number of carbonyl (C=O) groups excluding carboxylic acids is 1. The molecule has 0 aliphatic rings. The number of pyridine rings is 1. The highest BCUT2D eigenvalue weighted by Gasteiger charge is 2.14. The van der Waals surface area contributed by atoms with Crippen LogP contribution in [-0.4, -0.2) is 42.0 Å². The summed E-state index contributed by atoms with van der Waals surface area (Å²) in [6.45, 7) is 4.73. The van der Waals surface area contributed by atoms with E-state index in [1.165, 1.54) is 0 Å². The summed E-state index contributed by atoms with van der Waals surface area (Å²) < 4.78 is 5.67. The molecular weight excluding hydrogens is 326 g/mol. The SMILES string of the molecule is CC(C)C(N)CCN(C)C(=O)COc1ccc(Cl)c2cccnc12. The summed E-state index contributed by atoms with van der Waals surface area (Å²) in [6.07, 6.45) is 2.44. The van der Waals surface area contributed by atoms with Crippen LogP contribution in [0.5, 0.6) is 5.75 Å². The smallest absolute Gasteiger partial charge is 0.260 e. The van der Waals surface area contributed by atoms with E-state index in [2.05, 4.69) is 18.8 Å². The molecule has 5 nitrogen and oxygen atoms in total. The van der Waals surface area contributed by atoms with Crippen LogP contribution in [0.3, 0.4) is 0 Å². The molecular formula is C18H24ClN3O2. The van der Waals surface area contributed by atoms with E-state index in [1.54, 1.807) is 30.3 Å². The monoisotopic (exact) mass is 349 g/mol. The molecule has 1 heterocycles. The molecule has 2 rings (SSSR count). The summed E-state index contributed by atoms with van der Waals surface area (Å²) in [6, 6.07) is 7.26. The van der Waals surface area contributed by atoms with Gasteiger partial charge in [0, 0.05) is 31.2 Å². The van der Waals surface area contributed by atoms with Crippen molar-refractivity contribution in [2.45, 2.75) is 26.3 Å². The van der Waals surface area contributed by atoms with Crippen LogP contribution in [0.4, 0.5) is 0 Å². The van der Waals surface area contributed by atoms with Gasteiger partial charge in [0.2, 0.25) is 0 Å². The van der Waals surface area contributed by atoms with Crippen molar-refractivity contribution in [2.75, 3.05) is 20.2 Å². The summed E-state index contributed by atoms with van der Waals surface area (Å²) in [7, 11) is 1.76. The normalized spacial score (nSPS) is 12.4. The molecule has 0 aliphatic carbocycles. The van der Waals surface area contributed by atoms with E-state index >= 15 is 0 Å². The number of aromatic nitrogens is 1. The van der Waals surface area contributed by atoms with E-state index in [9.17, 15) is 4.79 Å². The number of halogens is 1. The lowest BCUT2D eigenvalue weighted by Gasteiger charge is -2.21. The van der Waals surface area contributed by atoms with Crippen LogP contribution in [0.2, 0.25) is 5.02 Å². The van der Waals surface area contributed by atoms with Crippen molar-refractivity contribution in [2.24, 2.45) is 11.7 Å². The van der Waals surface area contributed by atoms with Gasteiger partial charge in [-0.05, 0) is 36.6 Å². The summed E-state index contributed by atoms with van der Waals surface area (Å²) in [5, 5.41) is 1.41. The van der Waals surface area contributed by atoms with Gasteiger partial charge in [0.25, 0.3) is 5.91 Å². The highest BCUT2D eigenvalue weighted by molar-refractivity contribution is 6.35. The number of amides is 1. The second-order valence-corrected chi connectivity index (χ2v) is 6.65. The lowest BCUT2D eigenvalue weighted by molar-refractivity contribution is -0.132. The van der Waals surface area contributed by atoms with Crippen molar-refractivity contribution in [3.05, 3.63) is 35.5 Å². The molecule has 0 fully saturated rings. The Morgan fingerprint density at radius 1 is 1.38 bits per heavy atom. The number of hydrogen-bond acceptors (Lipinski definition) is 4. The van der Waals surface area contributed by atoms with Crippen molar-refractivity contribution >= 4 is 28.4 Å². The molecule has 24 heavy (non-hydrogen) atoms. The number of nitrogens with zero attached hydrogens (tertiary/aromatic N) is 2. The average Bonchev–Trinajstić information content (AvgIpc) is 2.58. The van der Waals surface area contributed by atoms with Crippen LogP contribution in [0.15, 0.2) is 30.5 Å². The van der Waals surface area contributed by atoms with Gasteiger partial charge < -0.3 is 15.4 Å². The quantitative estimate of drug-likeness (QED) is 0.834. The largest absolute Gasteiger partial charge is 0.481 e. The zero-order valence-electron chi connectivity index (χ0n) is 14.3. The first-order chi connectivity index (χ1) is 11.4. The van der Waals surface area contributed by atoms with Crippen molar-refractivity contribution in [3.8, 4) is 5.75 Å². The van der Waals surface area contributed by atoms with Crippen LogP contribution in [0.25, 0.3) is 10.9 Å². The third kappa shape index (κ3) is 4.58. The fourth-order valence-electron chi connectivity index (χ4n) is 2.28. The van der Waals surface area contributed by atoms with Crippen LogP contribution in [0.1, 0.15) is 20.3 Å². The zero-order chi connectivity index (χ0) is 17.7. The van der Waals surface area contributed by atoms with E-state index in [-0.39, 0.29) is 18.6 Å². The zero-order valence-corrected chi connectivity index (χ0v) is 15.1. The highest BCUT2D eigenvalue weighted by atomic mass is 35.5. The number of rotatable bonds is 7. The molecule has 0 bridgehead atoms. The maximum absolute atomic E-state index is 12.2. The molecule has 1 aromatic carbocycles. The number of ether oxygens (including phenoxy) is 1. The third-order valence-electron chi connectivity index (χ3n) is 4.11. The van der Waals surface area contributed by atoms with Crippen LogP contribution in [-0.2, 0) is 4.79 Å². The minimum absolute atomic E-state index is 0.0409. The van der Waals surface area contributed by atoms with Gasteiger partial charge in [0.05, 0.1) is 5.02 Å². The summed E-state index contributed by atoms with van der Waals surface area (Å²) in [5.41, 5.74) is 6.67. The van der Waals surface area contributed by atoms with Gasteiger partial charge in [0.15, 0.2) is 6.61 Å². The number of likely N-dealkylation sites (N-methyl/N-ethyl adjacent to an activating group) is 1. The number of benzene rings is 1. The van der Waals surface area contributed by atoms with E-state index in [0.29, 0.717) is 28.8 Å². The number of hydrogen-bond donors (Lipinski definition) is 1. The Labute approximate surface area is 147 Å². The molecule has 0 saturated heterocycles. The van der Waals surface area contributed by atoms with E-state index in [4.69, 9.17) is 22.1 Å². The Balaban J connectivity index is 1.96. The lowest BCUT2D eigenvalue weighted by Crippen LogP contribution is -2.36. The molecule has 6 heteroatoms. The van der Waals surface area contributed by atoms with Gasteiger partial charge >= 0.3 is 0 Å². The second kappa shape index (κ2) is 8.31. The van der Waals surface area contributed by atoms with E-state index < -0.39 is 0 Å². The number of fused-ring (bicyclic) bond motifs is 1. The third-order valence-corrected chi connectivity index (χ3v) is 4.44. The first kappa shape index (κ1) is 18.5. The van der Waals surface area contributed by atoms with E-state index in [1.807, 2.05) is 12.1 Å². The van der Waals surface area contributed by atoms with Crippen molar-refractivity contribution in [3.63, 3.8) is 0 Å². The average molecular weight is 350 g/mol. The van der Waals surface area contributed by atoms with Gasteiger partial charge in [-0.15, -0.1) is 0 Å². The Hall–Kier alpha value is -1.85. The van der Waals surface area contributed by atoms with Gasteiger partial charge in [-0.3, -0.25) is 9.78 Å². The molecule has 2 N–H and O–H groups in total. The standard InChI is InChI=1S/C18H24ClN3O2/c1-12(2)15(20)8-10-22(3)17(23)11-24-16-7-6-14(19)13-5-4-9-21-18(13)16/h4-7,9,12,15H,8,10-11,20H2,1-3H3. The molecule has 1 aromatic heterocycles. The molecule has 1 atom stereocenters. The van der Waals surface area contributed by atoms with E-state index in [0.717, 1.165) is 11.8 Å². The minimum Gasteiger partial charge on any atom is -0.481 e. The topological polar surface area (TPSA) is 68.5 Å². The van der Waals surface area contributed by atoms with Gasteiger partial charge in [-0.1, -0.05) is 25.4 Å². The van der Waals surface area contributed by atoms with Crippen LogP contribution < -0.4 is 10.5 Å². The molecule has 2 aromatic rings. The Bertz CT molecular complexity index is 706. The molecule has 0 radical (unpaired) electrons. The maximum Gasteiger partial charge on any atom is 0.260 e. The molecule has 1 unspecified atom stereocenters. The summed E-state index contributed by atoms with van der Waals surface area (Å²) >= 11 is 6.16. The predicted octanol–water partition coefficient (Wildman–Crippen LogP) is 3.10. The fourth-order valence-corrected chi connectivity index (χ4v) is 2.49. The molecule has 0 aliphatic heterocycles. The number of nitrogens with two attached hydrogens (primary N) is 1. The molecule has 1 amide bonds. The van der Waals surface area contributed by atoms with Crippen molar-refractivity contribution < 1.29 is 9.53 Å². The predicted molar refractivity (Wildman–Crippen MR) is 97.3 cm³/mol.